The van der Waals surface area contributed by atoms with Crippen molar-refractivity contribution < 1.29 is 0 Å². The van der Waals surface area contributed by atoms with E-state index in [1.165, 1.54) is 23.4 Å². The summed E-state index contributed by atoms with van der Waals surface area (Å²) in [6.45, 7) is 4.31. The van der Waals surface area contributed by atoms with Gasteiger partial charge in [-0.2, -0.15) is 0 Å². The van der Waals surface area contributed by atoms with E-state index < -0.39 is 0 Å². The van der Waals surface area contributed by atoms with Gasteiger partial charge in [0.2, 0.25) is 0 Å². The number of anilines is 2. The molecule has 3 rings (SSSR count). The minimum Gasteiger partial charge on any atom is -0.337 e. The van der Waals surface area contributed by atoms with E-state index in [4.69, 9.17) is 5.73 Å². The maximum absolute atomic E-state index is 5.98. The van der Waals surface area contributed by atoms with Crippen molar-refractivity contribution in [3.63, 3.8) is 0 Å². The molecule has 1 heterocycles. The monoisotopic (exact) mass is 344 g/mol. The Bertz CT molecular complexity index is 651. The standard InChI is InChI=1S/C18H21BrN2/c1-12-7-8-14-5-3-4-6-17(14)21(12)18-10-9-15(13(2)20)11-16(18)19/h3-6,9-13H,7-8,20H2,1-2H3/t12?,13-/m1/s1. The molecule has 2 aromatic carbocycles. The second kappa shape index (κ2) is 5.82. The fourth-order valence-corrected chi connectivity index (χ4v) is 3.64. The van der Waals surface area contributed by atoms with E-state index in [1.807, 2.05) is 6.92 Å². The van der Waals surface area contributed by atoms with E-state index in [0.29, 0.717) is 6.04 Å². The predicted molar refractivity (Wildman–Crippen MR) is 93.1 cm³/mol. The van der Waals surface area contributed by atoms with Crippen LogP contribution in [0, 0.1) is 0 Å². The van der Waals surface area contributed by atoms with Crippen LogP contribution >= 0.6 is 15.9 Å². The van der Waals surface area contributed by atoms with Crippen molar-refractivity contribution in [3.8, 4) is 0 Å². The van der Waals surface area contributed by atoms with Crippen LogP contribution in [0.1, 0.15) is 37.4 Å². The van der Waals surface area contributed by atoms with Gasteiger partial charge in [-0.1, -0.05) is 24.3 Å². The Morgan fingerprint density at radius 2 is 1.95 bits per heavy atom. The van der Waals surface area contributed by atoms with Crippen LogP contribution in [-0.2, 0) is 6.42 Å². The van der Waals surface area contributed by atoms with Crippen LogP contribution in [0.15, 0.2) is 46.9 Å². The van der Waals surface area contributed by atoms with Gasteiger partial charge in [0.15, 0.2) is 0 Å². The lowest BCUT2D eigenvalue weighted by molar-refractivity contribution is 0.617. The van der Waals surface area contributed by atoms with E-state index in [-0.39, 0.29) is 6.04 Å². The Labute approximate surface area is 135 Å². The Hall–Kier alpha value is -1.32. The Balaban J connectivity index is 2.07. The van der Waals surface area contributed by atoms with Gasteiger partial charge in [-0.3, -0.25) is 0 Å². The highest BCUT2D eigenvalue weighted by Gasteiger charge is 2.25. The fraction of sp³-hybridized carbons (Fsp3) is 0.333. The van der Waals surface area contributed by atoms with E-state index >= 15 is 0 Å². The Kier molecular flexibility index (Phi) is 4.05. The molecular weight excluding hydrogens is 324 g/mol. The molecule has 3 heteroatoms. The molecule has 2 N–H and O–H groups in total. The lowest BCUT2D eigenvalue weighted by Crippen LogP contribution is -2.33. The lowest BCUT2D eigenvalue weighted by Gasteiger charge is -2.37. The van der Waals surface area contributed by atoms with Gasteiger partial charge in [0.1, 0.15) is 0 Å². The first-order valence-electron chi connectivity index (χ1n) is 7.50. The average Bonchev–Trinajstić information content (AvgIpc) is 2.48. The summed E-state index contributed by atoms with van der Waals surface area (Å²) in [5.41, 5.74) is 11.1. The summed E-state index contributed by atoms with van der Waals surface area (Å²) in [4.78, 5) is 2.44. The first-order valence-corrected chi connectivity index (χ1v) is 8.29. The highest BCUT2D eigenvalue weighted by Crippen LogP contribution is 2.40. The van der Waals surface area contributed by atoms with E-state index in [9.17, 15) is 0 Å². The van der Waals surface area contributed by atoms with Crippen LogP contribution < -0.4 is 10.6 Å². The molecule has 1 aliphatic rings. The molecule has 110 valence electrons. The molecule has 21 heavy (non-hydrogen) atoms. The molecule has 1 aliphatic heterocycles. The number of hydrogen-bond donors (Lipinski definition) is 1. The van der Waals surface area contributed by atoms with Gasteiger partial charge in [-0.15, -0.1) is 0 Å². The molecule has 0 saturated carbocycles. The lowest BCUT2D eigenvalue weighted by atomic mass is 9.95. The molecule has 0 saturated heterocycles. The fourth-order valence-electron chi connectivity index (χ4n) is 3.06. The zero-order valence-electron chi connectivity index (χ0n) is 12.5. The highest BCUT2D eigenvalue weighted by molar-refractivity contribution is 9.10. The molecule has 2 atom stereocenters. The number of aryl methyl sites for hydroxylation is 1. The number of nitrogens with zero attached hydrogens (tertiary/aromatic N) is 1. The van der Waals surface area contributed by atoms with Gasteiger partial charge < -0.3 is 10.6 Å². The normalized spacial score (nSPS) is 19.2. The van der Waals surface area contributed by atoms with E-state index in [2.05, 4.69) is 70.2 Å². The second-order valence-electron chi connectivity index (χ2n) is 5.89. The van der Waals surface area contributed by atoms with Crippen LogP contribution in [0.2, 0.25) is 0 Å². The van der Waals surface area contributed by atoms with Crippen molar-refractivity contribution in [2.75, 3.05) is 4.90 Å². The highest BCUT2D eigenvalue weighted by atomic mass is 79.9. The first kappa shape index (κ1) is 14.6. The topological polar surface area (TPSA) is 29.3 Å². The number of fused-ring (bicyclic) bond motifs is 1. The van der Waals surface area contributed by atoms with Crippen molar-refractivity contribution >= 4 is 27.3 Å². The molecule has 2 nitrogen and oxygen atoms in total. The SMILES string of the molecule is CC1CCc2ccccc2N1c1ccc([C@@H](C)N)cc1Br. The summed E-state index contributed by atoms with van der Waals surface area (Å²) in [6, 6.07) is 15.7. The zero-order valence-corrected chi connectivity index (χ0v) is 14.1. The molecule has 2 aromatic rings. The molecule has 1 unspecified atom stereocenters. The van der Waals surface area contributed by atoms with Crippen LogP contribution in [0.3, 0.4) is 0 Å². The van der Waals surface area contributed by atoms with Gasteiger partial charge in [-0.25, -0.2) is 0 Å². The van der Waals surface area contributed by atoms with E-state index in [1.54, 1.807) is 0 Å². The number of halogens is 1. The van der Waals surface area contributed by atoms with Crippen molar-refractivity contribution in [3.05, 3.63) is 58.1 Å². The van der Waals surface area contributed by atoms with Gasteiger partial charge in [0.25, 0.3) is 0 Å². The average molecular weight is 345 g/mol. The summed E-state index contributed by atoms with van der Waals surface area (Å²) in [5, 5.41) is 0. The van der Waals surface area contributed by atoms with Crippen LogP contribution in [0.25, 0.3) is 0 Å². The van der Waals surface area contributed by atoms with Gasteiger partial charge in [0.05, 0.1) is 5.69 Å². The van der Waals surface area contributed by atoms with E-state index in [0.717, 1.165) is 16.5 Å². The number of hydrogen-bond acceptors (Lipinski definition) is 2. The smallest absolute Gasteiger partial charge is 0.0557 e. The predicted octanol–water partition coefficient (Wildman–Crippen LogP) is 4.94. The van der Waals surface area contributed by atoms with Gasteiger partial charge >= 0.3 is 0 Å². The molecule has 0 aromatic heterocycles. The Morgan fingerprint density at radius 1 is 1.19 bits per heavy atom. The second-order valence-corrected chi connectivity index (χ2v) is 6.74. The van der Waals surface area contributed by atoms with Crippen molar-refractivity contribution in [1.29, 1.82) is 0 Å². The molecule has 0 radical (unpaired) electrons. The van der Waals surface area contributed by atoms with Gasteiger partial charge in [0, 0.05) is 22.2 Å². The number of para-hydroxylation sites is 1. The molecule has 0 amide bonds. The van der Waals surface area contributed by atoms with Crippen molar-refractivity contribution in [1.82, 2.24) is 0 Å². The summed E-state index contributed by atoms with van der Waals surface area (Å²) in [6.07, 6.45) is 2.34. The van der Waals surface area contributed by atoms with Gasteiger partial charge in [-0.05, 0) is 71.9 Å². The summed E-state index contributed by atoms with van der Waals surface area (Å²) in [5.74, 6) is 0. The number of rotatable bonds is 2. The van der Waals surface area contributed by atoms with Crippen LogP contribution in [-0.4, -0.2) is 6.04 Å². The quantitative estimate of drug-likeness (QED) is 0.835. The largest absolute Gasteiger partial charge is 0.337 e. The first-order chi connectivity index (χ1) is 10.1. The molecule has 0 bridgehead atoms. The minimum atomic E-state index is 0.0569. The number of benzene rings is 2. The van der Waals surface area contributed by atoms with Crippen LogP contribution in [0.5, 0.6) is 0 Å². The third kappa shape index (κ3) is 2.72. The third-order valence-corrected chi connectivity index (χ3v) is 4.92. The maximum Gasteiger partial charge on any atom is 0.0557 e. The Morgan fingerprint density at radius 3 is 2.67 bits per heavy atom. The number of nitrogens with two attached hydrogens (primary N) is 1. The summed E-state index contributed by atoms with van der Waals surface area (Å²) in [7, 11) is 0. The molecule has 0 spiro atoms. The third-order valence-electron chi connectivity index (χ3n) is 4.28. The maximum atomic E-state index is 5.98. The molecular formula is C18H21BrN2. The molecule has 0 fully saturated rings. The minimum absolute atomic E-state index is 0.0569. The summed E-state index contributed by atoms with van der Waals surface area (Å²) >= 11 is 3.73. The zero-order chi connectivity index (χ0) is 15.0. The molecule has 0 aliphatic carbocycles. The van der Waals surface area contributed by atoms with Crippen molar-refractivity contribution in [2.45, 2.75) is 38.8 Å². The van der Waals surface area contributed by atoms with Crippen LogP contribution in [0.4, 0.5) is 11.4 Å². The van der Waals surface area contributed by atoms with Crippen molar-refractivity contribution in [2.24, 2.45) is 5.73 Å². The summed E-state index contributed by atoms with van der Waals surface area (Å²) < 4.78 is 1.11.